The maximum atomic E-state index is 13.0. The van der Waals surface area contributed by atoms with Crippen LogP contribution in [0.25, 0.3) is 11.3 Å². The second-order valence-corrected chi connectivity index (χ2v) is 8.36. The molecule has 0 fully saturated rings. The van der Waals surface area contributed by atoms with E-state index >= 15 is 0 Å². The lowest BCUT2D eigenvalue weighted by Gasteiger charge is -2.22. The van der Waals surface area contributed by atoms with Gasteiger partial charge in [0.1, 0.15) is 5.75 Å². The van der Waals surface area contributed by atoms with Crippen molar-refractivity contribution >= 4 is 34.8 Å². The Morgan fingerprint density at radius 2 is 1.94 bits per heavy atom. The van der Waals surface area contributed by atoms with Crippen molar-refractivity contribution in [2.24, 2.45) is 5.92 Å². The zero-order chi connectivity index (χ0) is 23.8. The van der Waals surface area contributed by atoms with Gasteiger partial charge in [0.05, 0.1) is 11.4 Å². The van der Waals surface area contributed by atoms with Gasteiger partial charge in [-0.05, 0) is 54.4 Å². The second kappa shape index (κ2) is 8.82. The van der Waals surface area contributed by atoms with Crippen LogP contribution in [0, 0.1) is 5.92 Å². The van der Waals surface area contributed by atoms with Crippen molar-refractivity contribution < 1.29 is 23.1 Å². The summed E-state index contributed by atoms with van der Waals surface area (Å²) in [5, 5.41) is 9.65. The highest BCUT2D eigenvalue weighted by atomic mass is 35.5. The molecule has 2 heterocycles. The number of amides is 2. The van der Waals surface area contributed by atoms with Crippen LogP contribution in [0.4, 0.5) is 20.2 Å². The fraction of sp³-hybridized carbons (Fsp3) is 0.261. The zero-order valence-corrected chi connectivity index (χ0v) is 18.6. The van der Waals surface area contributed by atoms with E-state index in [9.17, 15) is 18.4 Å². The fourth-order valence-electron chi connectivity index (χ4n) is 3.77. The van der Waals surface area contributed by atoms with Crippen LogP contribution >= 0.6 is 11.6 Å². The first-order valence-electron chi connectivity index (χ1n) is 10.3. The summed E-state index contributed by atoms with van der Waals surface area (Å²) in [5.41, 5.74) is 0.0218. The first kappa shape index (κ1) is 22.7. The van der Waals surface area contributed by atoms with Crippen molar-refractivity contribution in [3.05, 3.63) is 59.8 Å². The van der Waals surface area contributed by atoms with E-state index in [0.717, 1.165) is 11.3 Å². The summed E-state index contributed by atoms with van der Waals surface area (Å²) >= 11 is 4.77. The summed E-state index contributed by atoms with van der Waals surface area (Å²) in [4.78, 5) is 27.5. The minimum Gasteiger partial charge on any atom is -0.420 e. The fourth-order valence-corrected chi connectivity index (χ4v) is 3.85. The minimum atomic E-state index is -3.82. The number of fused-ring (bicyclic) bond motifs is 1. The molecule has 0 unspecified atom stereocenters. The van der Waals surface area contributed by atoms with Gasteiger partial charge in [0.25, 0.3) is 5.91 Å². The van der Waals surface area contributed by atoms with E-state index in [4.69, 9.17) is 11.6 Å². The number of aromatic nitrogens is 2. The third-order valence-corrected chi connectivity index (χ3v) is 5.30. The molecule has 3 aromatic rings. The Bertz CT molecular complexity index is 1180. The Morgan fingerprint density at radius 3 is 2.55 bits per heavy atom. The summed E-state index contributed by atoms with van der Waals surface area (Å²) in [6.45, 7) is 4.23. The SMILES string of the molecule is CC(C)C(=O)N1CCc2cc(C(=O)Nc3ccc(OC(F)(F)Cl)cc3)cc(-c3ccn[nH]3)c21. The molecule has 0 spiro atoms. The monoisotopic (exact) mass is 474 g/mol. The molecule has 33 heavy (non-hydrogen) atoms. The smallest absolute Gasteiger partial charge is 0.420 e. The molecule has 2 aromatic carbocycles. The quantitative estimate of drug-likeness (QED) is 0.490. The van der Waals surface area contributed by atoms with Crippen LogP contribution in [0.15, 0.2) is 48.7 Å². The van der Waals surface area contributed by atoms with Crippen LogP contribution in [0.5, 0.6) is 5.75 Å². The summed E-state index contributed by atoms with van der Waals surface area (Å²) < 4.78 is 29.8. The molecule has 0 saturated heterocycles. The van der Waals surface area contributed by atoms with E-state index < -0.39 is 5.57 Å². The molecule has 0 aliphatic carbocycles. The van der Waals surface area contributed by atoms with Crippen molar-refractivity contribution in [2.45, 2.75) is 25.8 Å². The zero-order valence-electron chi connectivity index (χ0n) is 17.9. The molecule has 1 aliphatic rings. The number of nitrogens with one attached hydrogen (secondary N) is 2. The van der Waals surface area contributed by atoms with Crippen molar-refractivity contribution in [1.29, 1.82) is 0 Å². The molecule has 172 valence electrons. The molecule has 0 bridgehead atoms. The number of hydrogen-bond acceptors (Lipinski definition) is 4. The molecule has 7 nitrogen and oxygen atoms in total. The Morgan fingerprint density at radius 1 is 1.21 bits per heavy atom. The number of H-pyrrole nitrogens is 1. The standard InChI is InChI=1S/C23H21ClF2N4O3/c1-13(2)22(32)30-10-8-14-11-15(12-18(20(14)30)19-7-9-27-29-19)21(31)28-16-3-5-17(6-4-16)33-23(24,25)26/h3-7,9,11-13H,8,10H2,1-2H3,(H,27,29)(H,28,31). The molecule has 10 heteroatoms. The van der Waals surface area contributed by atoms with E-state index in [2.05, 4.69) is 20.3 Å². The van der Waals surface area contributed by atoms with Crippen LogP contribution in [-0.4, -0.2) is 34.1 Å². The van der Waals surface area contributed by atoms with Crippen LogP contribution < -0.4 is 15.0 Å². The number of nitrogens with zero attached hydrogens (tertiary/aromatic N) is 2. The topological polar surface area (TPSA) is 87.3 Å². The molecule has 0 atom stereocenters. The van der Waals surface area contributed by atoms with Gasteiger partial charge in [-0.25, -0.2) is 0 Å². The Hall–Kier alpha value is -3.46. The Labute approximate surface area is 193 Å². The van der Waals surface area contributed by atoms with Gasteiger partial charge in [-0.1, -0.05) is 13.8 Å². The summed E-state index contributed by atoms with van der Waals surface area (Å²) in [7, 11) is 0. The van der Waals surface area contributed by atoms with E-state index in [1.54, 1.807) is 29.3 Å². The van der Waals surface area contributed by atoms with E-state index in [1.165, 1.54) is 24.3 Å². The maximum Gasteiger partial charge on any atom is 0.487 e. The number of carbonyl (C=O) groups is 2. The number of rotatable bonds is 6. The van der Waals surface area contributed by atoms with Crippen molar-refractivity contribution in [1.82, 2.24) is 10.2 Å². The predicted octanol–water partition coefficient (Wildman–Crippen LogP) is 5.04. The van der Waals surface area contributed by atoms with E-state index in [1.807, 2.05) is 13.8 Å². The Balaban J connectivity index is 1.63. The lowest BCUT2D eigenvalue weighted by Crippen LogP contribution is -2.32. The van der Waals surface area contributed by atoms with Gasteiger partial charge in [-0.3, -0.25) is 14.7 Å². The molecular formula is C23H21ClF2N4O3. The molecule has 1 aliphatic heterocycles. The van der Waals surface area contributed by atoms with Gasteiger partial charge < -0.3 is 15.0 Å². The number of benzene rings is 2. The lowest BCUT2D eigenvalue weighted by molar-refractivity contribution is -0.121. The van der Waals surface area contributed by atoms with Crippen molar-refractivity contribution in [3.63, 3.8) is 0 Å². The molecule has 4 rings (SSSR count). The number of anilines is 2. The molecule has 2 amide bonds. The van der Waals surface area contributed by atoms with Crippen LogP contribution in [-0.2, 0) is 11.2 Å². The third-order valence-electron chi connectivity index (χ3n) is 5.22. The van der Waals surface area contributed by atoms with Gasteiger partial charge >= 0.3 is 5.57 Å². The average molecular weight is 475 g/mol. The summed E-state index contributed by atoms with van der Waals surface area (Å²) in [6, 6.07) is 10.7. The molecule has 0 saturated carbocycles. The van der Waals surface area contributed by atoms with Gasteiger partial charge in [0.15, 0.2) is 0 Å². The maximum absolute atomic E-state index is 13.0. The normalized spacial score (nSPS) is 13.2. The minimum absolute atomic E-state index is 0.0107. The van der Waals surface area contributed by atoms with Crippen LogP contribution in [0.1, 0.15) is 29.8 Å². The van der Waals surface area contributed by atoms with E-state index in [0.29, 0.717) is 35.5 Å². The number of alkyl halides is 3. The highest BCUT2D eigenvalue weighted by molar-refractivity contribution is 6.20. The van der Waals surface area contributed by atoms with Gasteiger partial charge in [0, 0.05) is 47.1 Å². The average Bonchev–Trinajstić information content (AvgIpc) is 3.43. The van der Waals surface area contributed by atoms with Crippen molar-refractivity contribution in [2.75, 3.05) is 16.8 Å². The number of hydrogen-bond donors (Lipinski definition) is 2. The third kappa shape index (κ3) is 4.98. The number of halogens is 3. The lowest BCUT2D eigenvalue weighted by atomic mass is 9.99. The molecular weight excluding hydrogens is 454 g/mol. The molecule has 1 aromatic heterocycles. The van der Waals surface area contributed by atoms with Crippen molar-refractivity contribution in [3.8, 4) is 17.0 Å². The first-order chi connectivity index (χ1) is 15.6. The van der Waals surface area contributed by atoms with Gasteiger partial charge in [0.2, 0.25) is 5.91 Å². The molecule has 0 radical (unpaired) electrons. The van der Waals surface area contributed by atoms with E-state index in [-0.39, 0.29) is 23.5 Å². The highest BCUT2D eigenvalue weighted by Crippen LogP contribution is 2.39. The summed E-state index contributed by atoms with van der Waals surface area (Å²) in [5.74, 6) is -0.679. The number of aromatic amines is 1. The van der Waals surface area contributed by atoms with Crippen LogP contribution in [0.2, 0.25) is 0 Å². The highest BCUT2D eigenvalue weighted by Gasteiger charge is 2.31. The first-order valence-corrected chi connectivity index (χ1v) is 10.7. The second-order valence-electron chi connectivity index (χ2n) is 7.92. The van der Waals surface area contributed by atoms with Gasteiger partial charge in [-0.15, -0.1) is 8.78 Å². The van der Waals surface area contributed by atoms with Crippen LogP contribution in [0.3, 0.4) is 0 Å². The summed E-state index contributed by atoms with van der Waals surface area (Å²) in [6.07, 6.45) is 2.22. The Kier molecular flexibility index (Phi) is 6.07. The largest absolute Gasteiger partial charge is 0.487 e. The number of ether oxygens (including phenoxy) is 1. The molecule has 2 N–H and O–H groups in total. The predicted molar refractivity (Wildman–Crippen MR) is 121 cm³/mol. The van der Waals surface area contributed by atoms with Gasteiger partial charge in [-0.2, -0.15) is 5.10 Å². The number of carbonyl (C=O) groups excluding carboxylic acids is 2.